The quantitative estimate of drug-likeness (QED) is 0.918. The summed E-state index contributed by atoms with van der Waals surface area (Å²) < 4.78 is 5.77. The molecule has 1 aromatic carbocycles. The lowest BCUT2D eigenvalue weighted by molar-refractivity contribution is 0.207. The van der Waals surface area contributed by atoms with E-state index in [1.165, 1.54) is 0 Å². The monoisotopic (exact) mass is 325 g/mol. The van der Waals surface area contributed by atoms with E-state index in [-0.39, 0.29) is 6.03 Å². The third-order valence-corrected chi connectivity index (χ3v) is 4.17. The lowest BCUT2D eigenvalue weighted by Gasteiger charge is -2.17. The number of urea groups is 1. The number of nitrogens with zero attached hydrogens (tertiary/aromatic N) is 2. The number of ether oxygens (including phenoxy) is 1. The van der Waals surface area contributed by atoms with Gasteiger partial charge in [-0.25, -0.2) is 4.79 Å². The molecule has 1 atom stereocenters. The van der Waals surface area contributed by atoms with Gasteiger partial charge in [0, 0.05) is 25.8 Å². The van der Waals surface area contributed by atoms with Gasteiger partial charge in [-0.1, -0.05) is 25.1 Å². The fourth-order valence-electron chi connectivity index (χ4n) is 2.79. The number of likely N-dealkylation sites (tertiary alicyclic amines) is 1. The van der Waals surface area contributed by atoms with Gasteiger partial charge in [0.25, 0.3) is 0 Å². The Hall–Kier alpha value is -2.56. The first-order valence-corrected chi connectivity index (χ1v) is 8.35. The molecule has 0 spiro atoms. The van der Waals surface area contributed by atoms with Crippen molar-refractivity contribution < 1.29 is 9.53 Å². The van der Waals surface area contributed by atoms with Crippen LogP contribution in [0, 0.1) is 5.92 Å². The molecular formula is C19H23N3O2. The van der Waals surface area contributed by atoms with Gasteiger partial charge in [0.15, 0.2) is 0 Å². The summed E-state index contributed by atoms with van der Waals surface area (Å²) in [5.41, 5.74) is 1.91. The van der Waals surface area contributed by atoms with Gasteiger partial charge in [0.1, 0.15) is 12.4 Å². The van der Waals surface area contributed by atoms with Crippen LogP contribution in [0.15, 0.2) is 48.7 Å². The number of benzene rings is 1. The van der Waals surface area contributed by atoms with Gasteiger partial charge in [-0.15, -0.1) is 0 Å². The highest BCUT2D eigenvalue weighted by atomic mass is 16.5. The molecule has 0 unspecified atom stereocenters. The zero-order valence-electron chi connectivity index (χ0n) is 13.9. The van der Waals surface area contributed by atoms with Crippen LogP contribution in [0.4, 0.5) is 4.79 Å². The van der Waals surface area contributed by atoms with E-state index in [9.17, 15) is 4.79 Å². The summed E-state index contributed by atoms with van der Waals surface area (Å²) in [6.45, 7) is 4.81. The number of amides is 2. The standard InChI is InChI=1S/C19H23N3O2/c1-15-8-10-22(13-15)19(23)21-12-16-5-4-7-18(11-16)24-14-17-6-2-3-9-20-17/h2-7,9,11,15H,8,10,12-14H2,1H3,(H,21,23)/t15-/m0/s1. The second-order valence-electron chi connectivity index (χ2n) is 6.26. The summed E-state index contributed by atoms with van der Waals surface area (Å²) in [5.74, 6) is 1.38. The fraction of sp³-hybridized carbons (Fsp3) is 0.368. The molecule has 24 heavy (non-hydrogen) atoms. The predicted octanol–water partition coefficient (Wildman–Crippen LogP) is 3.21. The van der Waals surface area contributed by atoms with Gasteiger partial charge in [-0.3, -0.25) is 4.98 Å². The zero-order valence-corrected chi connectivity index (χ0v) is 13.9. The van der Waals surface area contributed by atoms with Crippen LogP contribution in [-0.2, 0) is 13.2 Å². The smallest absolute Gasteiger partial charge is 0.317 e. The van der Waals surface area contributed by atoms with Crippen molar-refractivity contribution in [3.05, 3.63) is 59.9 Å². The Kier molecular flexibility index (Phi) is 5.31. The molecule has 0 aliphatic carbocycles. The Morgan fingerprint density at radius 3 is 3.00 bits per heavy atom. The third-order valence-electron chi connectivity index (χ3n) is 4.17. The molecule has 5 nitrogen and oxygen atoms in total. The highest BCUT2D eigenvalue weighted by Crippen LogP contribution is 2.16. The number of rotatable bonds is 5. The van der Waals surface area contributed by atoms with Gasteiger partial charge in [-0.2, -0.15) is 0 Å². The summed E-state index contributed by atoms with van der Waals surface area (Å²) >= 11 is 0. The molecule has 1 N–H and O–H groups in total. The van der Waals surface area contributed by atoms with Crippen molar-refractivity contribution in [3.8, 4) is 5.75 Å². The molecule has 1 aliphatic heterocycles. The van der Waals surface area contributed by atoms with Crippen molar-refractivity contribution in [1.82, 2.24) is 15.2 Å². The lowest BCUT2D eigenvalue weighted by Crippen LogP contribution is -2.37. The van der Waals surface area contributed by atoms with Crippen LogP contribution in [0.3, 0.4) is 0 Å². The van der Waals surface area contributed by atoms with Gasteiger partial charge in [0.05, 0.1) is 5.69 Å². The van der Waals surface area contributed by atoms with Crippen molar-refractivity contribution >= 4 is 6.03 Å². The molecule has 126 valence electrons. The Morgan fingerprint density at radius 1 is 1.33 bits per heavy atom. The second-order valence-corrected chi connectivity index (χ2v) is 6.26. The molecule has 0 radical (unpaired) electrons. The molecule has 0 saturated carbocycles. The topological polar surface area (TPSA) is 54.5 Å². The van der Waals surface area contributed by atoms with E-state index in [2.05, 4.69) is 17.2 Å². The van der Waals surface area contributed by atoms with Gasteiger partial charge in [0.2, 0.25) is 0 Å². The third kappa shape index (κ3) is 4.47. The maximum Gasteiger partial charge on any atom is 0.317 e. The van der Waals surface area contributed by atoms with E-state index in [4.69, 9.17) is 4.74 Å². The van der Waals surface area contributed by atoms with Crippen LogP contribution >= 0.6 is 0 Å². The predicted molar refractivity (Wildman–Crippen MR) is 92.6 cm³/mol. The fourth-order valence-corrected chi connectivity index (χ4v) is 2.79. The Bertz CT molecular complexity index is 675. The van der Waals surface area contributed by atoms with E-state index in [0.717, 1.165) is 36.5 Å². The maximum atomic E-state index is 12.1. The first-order valence-electron chi connectivity index (χ1n) is 8.35. The first-order chi connectivity index (χ1) is 11.7. The number of hydrogen-bond acceptors (Lipinski definition) is 3. The zero-order chi connectivity index (χ0) is 16.8. The molecular weight excluding hydrogens is 302 g/mol. The lowest BCUT2D eigenvalue weighted by atomic mass is 10.2. The molecule has 0 bridgehead atoms. The Balaban J connectivity index is 1.50. The van der Waals surface area contributed by atoms with Crippen molar-refractivity contribution in [2.75, 3.05) is 13.1 Å². The van der Waals surface area contributed by atoms with Gasteiger partial charge >= 0.3 is 6.03 Å². The summed E-state index contributed by atoms with van der Waals surface area (Å²) in [7, 11) is 0. The van der Waals surface area contributed by atoms with Crippen LogP contribution in [0.5, 0.6) is 5.75 Å². The average Bonchev–Trinajstić information content (AvgIpc) is 3.06. The number of carbonyl (C=O) groups excluding carboxylic acids is 1. The molecule has 3 rings (SSSR count). The van der Waals surface area contributed by atoms with E-state index >= 15 is 0 Å². The summed E-state index contributed by atoms with van der Waals surface area (Å²) in [6.07, 6.45) is 2.84. The number of nitrogens with one attached hydrogen (secondary N) is 1. The number of pyridine rings is 1. The van der Waals surface area contributed by atoms with Crippen LogP contribution in [0.25, 0.3) is 0 Å². The van der Waals surface area contributed by atoms with E-state index < -0.39 is 0 Å². The molecule has 1 aliphatic rings. The van der Waals surface area contributed by atoms with Crippen molar-refractivity contribution in [2.45, 2.75) is 26.5 Å². The average molecular weight is 325 g/mol. The minimum Gasteiger partial charge on any atom is -0.487 e. The van der Waals surface area contributed by atoms with Crippen molar-refractivity contribution in [1.29, 1.82) is 0 Å². The van der Waals surface area contributed by atoms with Crippen LogP contribution in [0.1, 0.15) is 24.6 Å². The minimum atomic E-state index is 0.0131. The van der Waals surface area contributed by atoms with Crippen LogP contribution < -0.4 is 10.1 Å². The molecule has 1 aromatic heterocycles. The highest BCUT2D eigenvalue weighted by Gasteiger charge is 2.22. The second kappa shape index (κ2) is 7.81. The molecule has 5 heteroatoms. The van der Waals surface area contributed by atoms with Crippen molar-refractivity contribution in [3.63, 3.8) is 0 Å². The van der Waals surface area contributed by atoms with E-state index in [0.29, 0.717) is 19.1 Å². The van der Waals surface area contributed by atoms with Crippen molar-refractivity contribution in [2.24, 2.45) is 5.92 Å². The van der Waals surface area contributed by atoms with Gasteiger partial charge < -0.3 is 15.0 Å². The minimum absolute atomic E-state index is 0.0131. The molecule has 2 heterocycles. The molecule has 1 fully saturated rings. The summed E-state index contributed by atoms with van der Waals surface area (Å²) in [6, 6.07) is 13.6. The normalized spacial score (nSPS) is 16.9. The number of hydrogen-bond donors (Lipinski definition) is 1. The van der Waals surface area contributed by atoms with Crippen LogP contribution in [-0.4, -0.2) is 29.0 Å². The number of carbonyl (C=O) groups is 1. The SMILES string of the molecule is C[C@H]1CCN(C(=O)NCc2cccc(OCc3ccccn3)c2)C1. The Labute approximate surface area is 142 Å². The van der Waals surface area contributed by atoms with Crippen LogP contribution in [0.2, 0.25) is 0 Å². The first kappa shape index (κ1) is 16.3. The van der Waals surface area contributed by atoms with Gasteiger partial charge in [-0.05, 0) is 42.2 Å². The maximum absolute atomic E-state index is 12.1. The molecule has 2 amide bonds. The molecule has 2 aromatic rings. The largest absolute Gasteiger partial charge is 0.487 e. The number of aromatic nitrogens is 1. The van der Waals surface area contributed by atoms with E-state index in [1.807, 2.05) is 47.4 Å². The summed E-state index contributed by atoms with van der Waals surface area (Å²) in [5, 5.41) is 2.98. The Morgan fingerprint density at radius 2 is 2.25 bits per heavy atom. The highest BCUT2D eigenvalue weighted by molar-refractivity contribution is 5.74. The summed E-state index contributed by atoms with van der Waals surface area (Å²) in [4.78, 5) is 18.3. The molecule has 1 saturated heterocycles. The van der Waals surface area contributed by atoms with E-state index in [1.54, 1.807) is 6.20 Å².